The molecule has 0 amide bonds. The molecule has 0 spiro atoms. The van der Waals surface area contributed by atoms with Crippen LogP contribution in [0.25, 0.3) is 11.0 Å². The highest BCUT2D eigenvalue weighted by molar-refractivity contribution is 7.93. The van der Waals surface area contributed by atoms with Crippen LogP contribution in [-0.4, -0.2) is 23.6 Å². The van der Waals surface area contributed by atoms with Crippen LogP contribution in [0.4, 0.5) is 5.82 Å². The molecule has 2 N–H and O–H groups in total. The lowest BCUT2D eigenvalue weighted by Crippen LogP contribution is -2.27. The number of pyridine rings is 1. The van der Waals surface area contributed by atoms with E-state index < -0.39 is 15.3 Å². The second-order valence-electron chi connectivity index (χ2n) is 5.27. The second-order valence-corrected chi connectivity index (χ2v) is 7.37. The summed E-state index contributed by atoms with van der Waals surface area (Å²) in [7, 11) is -3.47. The fraction of sp³-hybridized carbons (Fsp3) is 0.188. The second kappa shape index (κ2) is 5.81. The molecule has 22 heavy (non-hydrogen) atoms. The number of sulfonamides is 1. The Morgan fingerprint density at radius 3 is 2.68 bits per heavy atom. The van der Waals surface area contributed by atoms with Gasteiger partial charge in [-0.2, -0.15) is 0 Å². The van der Waals surface area contributed by atoms with Gasteiger partial charge in [0.15, 0.2) is 0 Å². The molecule has 0 saturated carbocycles. The normalized spacial score (nSPS) is 13.1. The molecule has 3 aromatic rings. The minimum absolute atomic E-state index is 0.439. The molecule has 3 rings (SSSR count). The van der Waals surface area contributed by atoms with Crippen molar-refractivity contribution < 1.29 is 8.42 Å². The van der Waals surface area contributed by atoms with Gasteiger partial charge in [-0.15, -0.1) is 0 Å². The van der Waals surface area contributed by atoms with E-state index in [1.165, 1.54) is 0 Å². The van der Waals surface area contributed by atoms with E-state index >= 15 is 0 Å². The Hall–Kier alpha value is -2.34. The van der Waals surface area contributed by atoms with Crippen molar-refractivity contribution in [2.45, 2.75) is 18.6 Å². The summed E-state index contributed by atoms with van der Waals surface area (Å²) in [6.07, 6.45) is 2.13. The van der Waals surface area contributed by atoms with Gasteiger partial charge >= 0.3 is 0 Å². The zero-order valence-electron chi connectivity index (χ0n) is 12.2. The molecular weight excluding hydrogens is 298 g/mol. The number of nitrogens with zero attached hydrogens (tertiary/aromatic N) is 1. The average Bonchev–Trinajstić information content (AvgIpc) is 2.89. The van der Waals surface area contributed by atoms with Crippen molar-refractivity contribution in [1.82, 2.24) is 9.97 Å². The molecule has 6 heteroatoms. The van der Waals surface area contributed by atoms with Crippen molar-refractivity contribution >= 4 is 26.9 Å². The van der Waals surface area contributed by atoms with Crippen molar-refractivity contribution in [3.05, 3.63) is 60.3 Å². The summed E-state index contributed by atoms with van der Waals surface area (Å²) in [5, 5.41) is 0.338. The van der Waals surface area contributed by atoms with Gasteiger partial charge in [-0.05, 0) is 37.1 Å². The van der Waals surface area contributed by atoms with Crippen LogP contribution in [0.1, 0.15) is 12.5 Å². The Morgan fingerprint density at radius 1 is 1.18 bits per heavy atom. The number of hydrogen-bond acceptors (Lipinski definition) is 3. The maximum atomic E-state index is 12.4. The fourth-order valence-corrected chi connectivity index (χ4v) is 3.35. The van der Waals surface area contributed by atoms with E-state index in [2.05, 4.69) is 14.7 Å². The minimum Gasteiger partial charge on any atom is -0.325 e. The van der Waals surface area contributed by atoms with Crippen molar-refractivity contribution in [2.75, 3.05) is 4.72 Å². The lowest BCUT2D eigenvalue weighted by Gasteiger charge is -2.13. The fourth-order valence-electron chi connectivity index (χ4n) is 2.32. The number of rotatable bonds is 5. The number of H-pyrrole nitrogens is 1. The van der Waals surface area contributed by atoms with Gasteiger partial charge in [-0.3, -0.25) is 4.72 Å². The first-order valence-corrected chi connectivity index (χ1v) is 8.58. The van der Waals surface area contributed by atoms with Crippen LogP contribution in [0, 0.1) is 0 Å². The van der Waals surface area contributed by atoms with E-state index in [1.807, 2.05) is 42.5 Å². The number of fused-ring (bicyclic) bond motifs is 1. The standard InChI is InChI=1S/C16H17N3O2S/c1-12(10-13-6-3-2-4-7-13)22(20,21)19-15-11-14-8-5-9-17-16(14)18-15/h2-9,11-12,19H,10H2,1H3,(H,17,18). The molecular formula is C16H17N3O2S. The van der Waals surface area contributed by atoms with Crippen molar-refractivity contribution in [2.24, 2.45) is 0 Å². The molecule has 1 aromatic carbocycles. The topological polar surface area (TPSA) is 74.8 Å². The molecule has 2 aromatic heterocycles. The lowest BCUT2D eigenvalue weighted by atomic mass is 10.1. The van der Waals surface area contributed by atoms with E-state index in [4.69, 9.17) is 0 Å². The first-order chi connectivity index (χ1) is 10.5. The number of aromatic nitrogens is 2. The number of aromatic amines is 1. The Kier molecular flexibility index (Phi) is 3.85. The van der Waals surface area contributed by atoms with Gasteiger partial charge in [0.05, 0.1) is 5.25 Å². The monoisotopic (exact) mass is 315 g/mol. The lowest BCUT2D eigenvalue weighted by molar-refractivity contribution is 0.588. The summed E-state index contributed by atoms with van der Waals surface area (Å²) in [6, 6.07) is 15.0. The maximum Gasteiger partial charge on any atom is 0.236 e. The van der Waals surface area contributed by atoms with Gasteiger partial charge < -0.3 is 4.98 Å². The summed E-state index contributed by atoms with van der Waals surface area (Å²) in [6.45, 7) is 1.70. The molecule has 0 radical (unpaired) electrons. The molecule has 0 bridgehead atoms. The summed E-state index contributed by atoms with van der Waals surface area (Å²) in [5.74, 6) is 0.439. The molecule has 1 unspecified atom stereocenters. The van der Waals surface area contributed by atoms with Crippen molar-refractivity contribution in [3.63, 3.8) is 0 Å². The predicted octanol–water partition coefficient (Wildman–Crippen LogP) is 2.94. The third-order valence-corrected chi connectivity index (χ3v) is 5.27. The van der Waals surface area contributed by atoms with Gasteiger partial charge in [0, 0.05) is 11.6 Å². The van der Waals surface area contributed by atoms with Gasteiger partial charge in [0.2, 0.25) is 10.0 Å². The molecule has 0 aliphatic heterocycles. The quantitative estimate of drug-likeness (QED) is 0.760. The van der Waals surface area contributed by atoms with E-state index in [9.17, 15) is 8.42 Å². The molecule has 0 aliphatic carbocycles. The molecule has 0 fully saturated rings. The maximum absolute atomic E-state index is 12.4. The highest BCUT2D eigenvalue weighted by Gasteiger charge is 2.21. The predicted molar refractivity (Wildman–Crippen MR) is 88.2 cm³/mol. The van der Waals surface area contributed by atoms with E-state index in [1.54, 1.807) is 19.2 Å². The Bertz CT molecular complexity index is 840. The number of anilines is 1. The Balaban J connectivity index is 1.77. The van der Waals surface area contributed by atoms with E-state index in [0.717, 1.165) is 10.9 Å². The van der Waals surface area contributed by atoms with E-state index in [0.29, 0.717) is 17.9 Å². The molecule has 2 heterocycles. The summed E-state index contributed by atoms with van der Waals surface area (Å²) in [4.78, 5) is 7.12. The molecule has 5 nitrogen and oxygen atoms in total. The third-order valence-electron chi connectivity index (χ3n) is 3.54. The summed E-state index contributed by atoms with van der Waals surface area (Å²) in [5.41, 5.74) is 1.66. The number of nitrogens with one attached hydrogen (secondary N) is 2. The van der Waals surface area contributed by atoms with Crippen LogP contribution in [-0.2, 0) is 16.4 Å². The minimum atomic E-state index is -3.47. The Morgan fingerprint density at radius 2 is 1.95 bits per heavy atom. The molecule has 1 atom stereocenters. The zero-order chi connectivity index (χ0) is 15.6. The van der Waals surface area contributed by atoms with Gasteiger partial charge in [-0.25, -0.2) is 13.4 Å². The SMILES string of the molecule is CC(Cc1ccccc1)S(=O)(=O)Nc1cc2cccnc2[nH]1. The van der Waals surface area contributed by atoms with Crippen LogP contribution in [0.2, 0.25) is 0 Å². The molecule has 114 valence electrons. The van der Waals surface area contributed by atoms with Crippen LogP contribution in [0.5, 0.6) is 0 Å². The number of benzene rings is 1. The molecule has 0 saturated heterocycles. The smallest absolute Gasteiger partial charge is 0.236 e. The average molecular weight is 315 g/mol. The molecule has 0 aliphatic rings. The first kappa shape index (κ1) is 14.6. The van der Waals surface area contributed by atoms with Crippen molar-refractivity contribution in [1.29, 1.82) is 0 Å². The van der Waals surface area contributed by atoms with Crippen LogP contribution >= 0.6 is 0 Å². The Labute approximate surface area is 129 Å². The summed E-state index contributed by atoms with van der Waals surface area (Å²) < 4.78 is 27.5. The van der Waals surface area contributed by atoms with Gasteiger partial charge in [0.25, 0.3) is 0 Å². The summed E-state index contributed by atoms with van der Waals surface area (Å²) >= 11 is 0. The van der Waals surface area contributed by atoms with Crippen LogP contribution in [0.3, 0.4) is 0 Å². The van der Waals surface area contributed by atoms with E-state index in [-0.39, 0.29) is 0 Å². The largest absolute Gasteiger partial charge is 0.325 e. The van der Waals surface area contributed by atoms with Crippen LogP contribution < -0.4 is 4.72 Å². The van der Waals surface area contributed by atoms with Crippen molar-refractivity contribution in [3.8, 4) is 0 Å². The number of hydrogen-bond donors (Lipinski definition) is 2. The first-order valence-electron chi connectivity index (χ1n) is 7.04. The zero-order valence-corrected chi connectivity index (χ0v) is 13.0. The van der Waals surface area contributed by atoms with Gasteiger partial charge in [0.1, 0.15) is 11.5 Å². The third kappa shape index (κ3) is 3.12. The highest BCUT2D eigenvalue weighted by Crippen LogP contribution is 2.19. The highest BCUT2D eigenvalue weighted by atomic mass is 32.2. The van der Waals surface area contributed by atoms with Gasteiger partial charge in [-0.1, -0.05) is 30.3 Å². The van der Waals surface area contributed by atoms with Crippen LogP contribution in [0.15, 0.2) is 54.7 Å².